The Bertz CT molecular complexity index is 994. The number of fused-ring (bicyclic) bond motifs is 1. The lowest BCUT2D eigenvalue weighted by atomic mass is 10.2. The van der Waals surface area contributed by atoms with Crippen LogP contribution in [0, 0.1) is 0 Å². The number of nitrogens with zero attached hydrogens (tertiary/aromatic N) is 4. The van der Waals surface area contributed by atoms with Crippen LogP contribution in [0.3, 0.4) is 0 Å². The number of nitrogens with one attached hydrogen (secondary N) is 1. The Kier molecular flexibility index (Phi) is 5.30. The minimum atomic E-state index is -3.70. The number of hydrogen-bond acceptors (Lipinski definition) is 7. The number of carbonyl (C=O) groups excluding carboxylic acids is 2. The number of benzene rings is 1. The predicted octanol–water partition coefficient (Wildman–Crippen LogP) is 0.583. The summed E-state index contributed by atoms with van der Waals surface area (Å²) in [7, 11) is -3.70. The third kappa shape index (κ3) is 4.01. The Hall–Kier alpha value is -2.11. The summed E-state index contributed by atoms with van der Waals surface area (Å²) in [4.78, 5) is 25.8. The third-order valence-corrected chi connectivity index (χ3v) is 7.44. The molecule has 2 fully saturated rings. The molecular formula is C17H21N5O4S2. The molecule has 0 radical (unpaired) electrons. The minimum Gasteiger partial charge on any atom is -0.353 e. The van der Waals surface area contributed by atoms with Gasteiger partial charge in [-0.3, -0.25) is 9.59 Å². The molecule has 2 aliphatic rings. The van der Waals surface area contributed by atoms with Gasteiger partial charge in [-0.25, -0.2) is 8.42 Å². The van der Waals surface area contributed by atoms with E-state index < -0.39 is 10.0 Å². The van der Waals surface area contributed by atoms with Gasteiger partial charge >= 0.3 is 0 Å². The van der Waals surface area contributed by atoms with Gasteiger partial charge in [0.15, 0.2) is 0 Å². The number of rotatable bonds is 6. The van der Waals surface area contributed by atoms with E-state index in [1.54, 1.807) is 17.0 Å². The Labute approximate surface area is 167 Å². The standard InChI is InChI=1S/C17H21N5O4S2/c23-15(18-12-4-5-12)6-7-16(24)21-8-10-22(11-9-21)28(25,26)14-3-1-2-13-17(14)20-27-19-13/h1-3,12H,4-11H2,(H,18,23). The van der Waals surface area contributed by atoms with Gasteiger partial charge < -0.3 is 10.2 Å². The van der Waals surface area contributed by atoms with Crippen LogP contribution in [0.4, 0.5) is 0 Å². The molecule has 150 valence electrons. The van der Waals surface area contributed by atoms with E-state index in [4.69, 9.17) is 0 Å². The second-order valence-corrected chi connectivity index (χ2v) is 9.45. The minimum absolute atomic E-state index is 0.0953. The van der Waals surface area contributed by atoms with Crippen LogP contribution in [0.2, 0.25) is 0 Å². The molecule has 9 nitrogen and oxygen atoms in total. The second kappa shape index (κ2) is 7.72. The Morgan fingerprint density at radius 1 is 1.11 bits per heavy atom. The maximum Gasteiger partial charge on any atom is 0.245 e. The molecule has 0 spiro atoms. The molecule has 1 aliphatic heterocycles. The van der Waals surface area contributed by atoms with Crippen LogP contribution in [-0.2, 0) is 19.6 Å². The first-order chi connectivity index (χ1) is 13.4. The van der Waals surface area contributed by atoms with E-state index in [9.17, 15) is 18.0 Å². The van der Waals surface area contributed by atoms with Gasteiger partial charge in [0.2, 0.25) is 21.8 Å². The largest absolute Gasteiger partial charge is 0.353 e. The lowest BCUT2D eigenvalue weighted by Crippen LogP contribution is -2.50. The van der Waals surface area contributed by atoms with E-state index in [0.29, 0.717) is 24.1 Å². The molecule has 2 aromatic rings. The molecule has 2 heterocycles. The summed E-state index contributed by atoms with van der Waals surface area (Å²) >= 11 is 0.981. The zero-order chi connectivity index (χ0) is 19.7. The van der Waals surface area contributed by atoms with E-state index in [0.717, 1.165) is 24.6 Å². The summed E-state index contributed by atoms with van der Waals surface area (Å²) in [6, 6.07) is 5.21. The SMILES string of the molecule is O=C(CCC(=O)N1CCN(S(=O)(=O)c2cccc3nsnc23)CC1)NC1CC1. The summed E-state index contributed by atoms with van der Waals surface area (Å²) in [6.45, 7) is 1.06. The van der Waals surface area contributed by atoms with Crippen molar-refractivity contribution in [3.63, 3.8) is 0 Å². The highest BCUT2D eigenvalue weighted by atomic mass is 32.2. The number of hydrogen-bond donors (Lipinski definition) is 1. The Morgan fingerprint density at radius 2 is 1.86 bits per heavy atom. The normalized spacial score (nSPS) is 18.4. The first kappa shape index (κ1) is 19.2. The summed E-state index contributed by atoms with van der Waals surface area (Å²) in [6.07, 6.45) is 2.35. The van der Waals surface area contributed by atoms with Gasteiger partial charge in [-0.05, 0) is 25.0 Å². The molecule has 1 saturated carbocycles. The Balaban J connectivity index is 1.34. The first-order valence-corrected chi connectivity index (χ1v) is 11.4. The lowest BCUT2D eigenvalue weighted by Gasteiger charge is -2.34. The van der Waals surface area contributed by atoms with Crippen molar-refractivity contribution in [1.29, 1.82) is 0 Å². The van der Waals surface area contributed by atoms with Crippen LogP contribution < -0.4 is 5.32 Å². The number of amides is 2. The number of piperazine rings is 1. The molecule has 28 heavy (non-hydrogen) atoms. The van der Waals surface area contributed by atoms with Crippen LogP contribution in [-0.4, -0.2) is 70.4 Å². The van der Waals surface area contributed by atoms with Gasteiger partial charge in [0, 0.05) is 45.1 Å². The monoisotopic (exact) mass is 423 g/mol. The van der Waals surface area contributed by atoms with Crippen LogP contribution in [0.25, 0.3) is 11.0 Å². The maximum absolute atomic E-state index is 13.0. The lowest BCUT2D eigenvalue weighted by molar-refractivity contribution is -0.134. The van der Waals surface area contributed by atoms with E-state index in [1.165, 1.54) is 10.4 Å². The highest BCUT2D eigenvalue weighted by Crippen LogP contribution is 2.25. The molecular weight excluding hydrogens is 402 g/mol. The Morgan fingerprint density at radius 3 is 2.57 bits per heavy atom. The summed E-state index contributed by atoms with van der Waals surface area (Å²) in [5, 5.41) is 2.86. The van der Waals surface area contributed by atoms with Gasteiger partial charge in [0.05, 0.1) is 11.7 Å². The van der Waals surface area contributed by atoms with Crippen LogP contribution >= 0.6 is 11.7 Å². The fourth-order valence-corrected chi connectivity index (χ4v) is 5.39. The van der Waals surface area contributed by atoms with E-state index in [1.807, 2.05) is 0 Å². The highest BCUT2D eigenvalue weighted by Gasteiger charge is 2.32. The quantitative estimate of drug-likeness (QED) is 0.727. The molecule has 11 heteroatoms. The molecule has 1 saturated heterocycles. The van der Waals surface area contributed by atoms with Crippen LogP contribution in [0.5, 0.6) is 0 Å². The molecule has 4 rings (SSSR count). The van der Waals surface area contributed by atoms with E-state index in [-0.39, 0.29) is 48.7 Å². The third-order valence-electron chi connectivity index (χ3n) is 4.97. The first-order valence-electron chi connectivity index (χ1n) is 9.24. The summed E-state index contributed by atoms with van der Waals surface area (Å²) in [5.41, 5.74) is 0.942. The fourth-order valence-electron chi connectivity index (χ4n) is 3.21. The second-order valence-electron chi connectivity index (χ2n) is 7.01. The average Bonchev–Trinajstić information content (AvgIpc) is 3.37. The van der Waals surface area contributed by atoms with Crippen molar-refractivity contribution in [1.82, 2.24) is 23.3 Å². The van der Waals surface area contributed by atoms with Gasteiger partial charge in [-0.1, -0.05) is 6.07 Å². The van der Waals surface area contributed by atoms with Crippen molar-refractivity contribution < 1.29 is 18.0 Å². The zero-order valence-electron chi connectivity index (χ0n) is 15.2. The molecule has 1 aromatic heterocycles. The molecule has 1 N–H and O–H groups in total. The molecule has 0 bridgehead atoms. The van der Waals surface area contributed by atoms with E-state index in [2.05, 4.69) is 14.1 Å². The van der Waals surface area contributed by atoms with Crippen molar-refractivity contribution in [2.75, 3.05) is 26.2 Å². The van der Waals surface area contributed by atoms with Gasteiger partial charge in [0.25, 0.3) is 0 Å². The zero-order valence-corrected chi connectivity index (χ0v) is 16.8. The topological polar surface area (TPSA) is 113 Å². The van der Waals surface area contributed by atoms with Gasteiger partial charge in [0.1, 0.15) is 15.9 Å². The average molecular weight is 424 g/mol. The van der Waals surface area contributed by atoms with Crippen molar-refractivity contribution in [3.8, 4) is 0 Å². The maximum atomic E-state index is 13.0. The highest BCUT2D eigenvalue weighted by molar-refractivity contribution is 7.89. The summed E-state index contributed by atoms with van der Waals surface area (Å²) < 4.78 is 35.6. The summed E-state index contributed by atoms with van der Waals surface area (Å²) in [5.74, 6) is -0.212. The molecule has 0 atom stereocenters. The molecule has 2 amide bonds. The van der Waals surface area contributed by atoms with Gasteiger partial charge in [-0.15, -0.1) is 0 Å². The van der Waals surface area contributed by atoms with Crippen molar-refractivity contribution >= 4 is 44.6 Å². The van der Waals surface area contributed by atoms with Gasteiger partial charge in [-0.2, -0.15) is 13.1 Å². The van der Waals surface area contributed by atoms with Crippen molar-refractivity contribution in [2.24, 2.45) is 0 Å². The number of aromatic nitrogens is 2. The molecule has 1 aliphatic carbocycles. The van der Waals surface area contributed by atoms with Crippen molar-refractivity contribution in [3.05, 3.63) is 18.2 Å². The smallest absolute Gasteiger partial charge is 0.245 e. The predicted molar refractivity (Wildman–Crippen MR) is 103 cm³/mol. The van der Waals surface area contributed by atoms with Crippen LogP contribution in [0.15, 0.2) is 23.1 Å². The number of carbonyl (C=O) groups is 2. The molecule has 0 unspecified atom stereocenters. The van der Waals surface area contributed by atoms with Crippen LogP contribution in [0.1, 0.15) is 25.7 Å². The van der Waals surface area contributed by atoms with Crippen molar-refractivity contribution in [2.45, 2.75) is 36.6 Å². The number of sulfonamides is 1. The fraction of sp³-hybridized carbons (Fsp3) is 0.529. The van der Waals surface area contributed by atoms with E-state index >= 15 is 0 Å². The molecule has 1 aromatic carbocycles.